The molecule has 0 amide bonds. The summed E-state index contributed by atoms with van der Waals surface area (Å²) in [5, 5.41) is 6.99. The molecule has 0 radical (unpaired) electrons. The van der Waals surface area contributed by atoms with E-state index in [0.29, 0.717) is 24.6 Å². The molecule has 0 aromatic heterocycles. The zero-order chi connectivity index (χ0) is 17.5. The third kappa shape index (κ3) is 6.66. The lowest BCUT2D eigenvalue weighted by Crippen LogP contribution is -2.46. The van der Waals surface area contributed by atoms with Crippen LogP contribution in [0.4, 0.5) is 0 Å². The van der Waals surface area contributed by atoms with Gasteiger partial charge in [-0.25, -0.2) is 0 Å². The van der Waals surface area contributed by atoms with Crippen molar-refractivity contribution in [2.45, 2.75) is 46.3 Å². The van der Waals surface area contributed by atoms with Crippen molar-refractivity contribution in [3.63, 3.8) is 0 Å². The summed E-state index contributed by atoms with van der Waals surface area (Å²) in [4.78, 5) is 6.89. The summed E-state index contributed by atoms with van der Waals surface area (Å²) in [6, 6.07) is 9.21. The number of benzene rings is 1. The SMILES string of the molecule is CCOc1cccc(CNC(=NC)NC2CN(C(C)C)CC2C)c1.I. The minimum Gasteiger partial charge on any atom is -0.494 e. The fourth-order valence-corrected chi connectivity index (χ4v) is 3.08. The molecule has 1 aliphatic heterocycles. The smallest absolute Gasteiger partial charge is 0.191 e. The van der Waals surface area contributed by atoms with E-state index < -0.39 is 0 Å². The van der Waals surface area contributed by atoms with Crippen molar-refractivity contribution in [2.24, 2.45) is 10.9 Å². The molecule has 2 N–H and O–H groups in total. The fourth-order valence-electron chi connectivity index (χ4n) is 3.08. The van der Waals surface area contributed by atoms with Crippen molar-refractivity contribution in [3.05, 3.63) is 29.8 Å². The molecule has 0 bridgehead atoms. The lowest BCUT2D eigenvalue weighted by molar-refractivity contribution is 0.265. The van der Waals surface area contributed by atoms with Crippen molar-refractivity contribution in [1.29, 1.82) is 0 Å². The van der Waals surface area contributed by atoms with E-state index in [2.05, 4.69) is 53.4 Å². The lowest BCUT2D eigenvalue weighted by Gasteiger charge is -2.22. The third-order valence-corrected chi connectivity index (χ3v) is 4.59. The van der Waals surface area contributed by atoms with Gasteiger partial charge in [-0.1, -0.05) is 19.1 Å². The number of nitrogens with zero attached hydrogens (tertiary/aromatic N) is 2. The van der Waals surface area contributed by atoms with Gasteiger partial charge in [-0.2, -0.15) is 0 Å². The van der Waals surface area contributed by atoms with Crippen molar-refractivity contribution in [2.75, 3.05) is 26.7 Å². The predicted molar refractivity (Wildman–Crippen MR) is 116 cm³/mol. The van der Waals surface area contributed by atoms with Gasteiger partial charge in [0.2, 0.25) is 0 Å². The molecule has 6 heteroatoms. The highest BCUT2D eigenvalue weighted by Crippen LogP contribution is 2.18. The average Bonchev–Trinajstić information content (AvgIpc) is 2.93. The molecule has 5 nitrogen and oxygen atoms in total. The first kappa shape index (κ1) is 22.0. The maximum absolute atomic E-state index is 5.56. The Morgan fingerprint density at radius 3 is 2.72 bits per heavy atom. The van der Waals surface area contributed by atoms with E-state index in [4.69, 9.17) is 4.74 Å². The van der Waals surface area contributed by atoms with Gasteiger partial charge in [-0.05, 0) is 44.4 Å². The summed E-state index contributed by atoms with van der Waals surface area (Å²) >= 11 is 0. The highest BCUT2D eigenvalue weighted by atomic mass is 127. The van der Waals surface area contributed by atoms with Crippen molar-refractivity contribution >= 4 is 29.9 Å². The second kappa shape index (κ2) is 10.9. The molecule has 0 spiro atoms. The molecule has 1 aliphatic rings. The Labute approximate surface area is 169 Å². The Morgan fingerprint density at radius 1 is 1.36 bits per heavy atom. The van der Waals surface area contributed by atoms with Gasteiger partial charge in [-0.15, -0.1) is 24.0 Å². The Balaban J connectivity index is 0.00000312. The number of aliphatic imine (C=N–C) groups is 1. The summed E-state index contributed by atoms with van der Waals surface area (Å²) in [5.74, 6) is 2.39. The molecule has 1 heterocycles. The van der Waals surface area contributed by atoms with Gasteiger partial charge in [0, 0.05) is 38.8 Å². The molecular weight excluding hydrogens is 427 g/mol. The number of nitrogens with one attached hydrogen (secondary N) is 2. The van der Waals surface area contributed by atoms with Crippen LogP contribution in [-0.2, 0) is 6.54 Å². The molecule has 2 unspecified atom stereocenters. The third-order valence-electron chi connectivity index (χ3n) is 4.59. The molecule has 0 aliphatic carbocycles. The van der Waals surface area contributed by atoms with Gasteiger partial charge in [0.05, 0.1) is 6.61 Å². The van der Waals surface area contributed by atoms with Crippen LogP contribution >= 0.6 is 24.0 Å². The molecule has 1 saturated heterocycles. The topological polar surface area (TPSA) is 48.9 Å². The zero-order valence-corrected chi connectivity index (χ0v) is 18.4. The van der Waals surface area contributed by atoms with Crippen molar-refractivity contribution < 1.29 is 4.74 Å². The number of hydrogen-bond donors (Lipinski definition) is 2. The molecule has 2 rings (SSSR count). The first-order chi connectivity index (χ1) is 11.5. The number of halogens is 1. The first-order valence-corrected chi connectivity index (χ1v) is 8.96. The van der Waals surface area contributed by atoms with Crippen LogP contribution in [0.3, 0.4) is 0 Å². The van der Waals surface area contributed by atoms with E-state index in [1.807, 2.05) is 26.1 Å². The summed E-state index contributed by atoms with van der Waals surface area (Å²) in [6.45, 7) is 12.4. The molecule has 1 aromatic carbocycles. The van der Waals surface area contributed by atoms with Crippen LogP contribution in [0.5, 0.6) is 5.75 Å². The number of guanidine groups is 1. The highest BCUT2D eigenvalue weighted by Gasteiger charge is 2.31. The Morgan fingerprint density at radius 2 is 2.12 bits per heavy atom. The number of ether oxygens (including phenoxy) is 1. The van der Waals surface area contributed by atoms with E-state index in [1.54, 1.807) is 0 Å². The van der Waals surface area contributed by atoms with Crippen LogP contribution < -0.4 is 15.4 Å². The van der Waals surface area contributed by atoms with E-state index >= 15 is 0 Å². The Hall–Kier alpha value is -1.02. The predicted octanol–water partition coefficient (Wildman–Crippen LogP) is 3.10. The molecule has 0 saturated carbocycles. The van der Waals surface area contributed by atoms with Gasteiger partial charge in [-0.3, -0.25) is 9.89 Å². The summed E-state index contributed by atoms with van der Waals surface area (Å²) in [7, 11) is 1.83. The maximum atomic E-state index is 5.56. The average molecular weight is 460 g/mol. The molecular formula is C19H33IN4O. The monoisotopic (exact) mass is 460 g/mol. The van der Waals surface area contributed by atoms with Gasteiger partial charge in [0.15, 0.2) is 5.96 Å². The number of hydrogen-bond acceptors (Lipinski definition) is 3. The molecule has 1 fully saturated rings. The van der Waals surface area contributed by atoms with Gasteiger partial charge in [0.25, 0.3) is 0 Å². The minimum atomic E-state index is 0. The molecule has 142 valence electrons. The Kier molecular flexibility index (Phi) is 9.56. The standard InChI is InChI=1S/C19H32N4O.HI/c1-6-24-17-9-7-8-16(10-17)11-21-19(20-5)22-18-13-23(14(2)3)12-15(18)4;/h7-10,14-15,18H,6,11-13H2,1-5H3,(H2,20,21,22);1H. The van der Waals surface area contributed by atoms with E-state index in [-0.39, 0.29) is 24.0 Å². The lowest BCUT2D eigenvalue weighted by atomic mass is 10.1. The van der Waals surface area contributed by atoms with Crippen LogP contribution in [0.1, 0.15) is 33.3 Å². The van der Waals surface area contributed by atoms with Gasteiger partial charge < -0.3 is 15.4 Å². The fraction of sp³-hybridized carbons (Fsp3) is 0.632. The second-order valence-electron chi connectivity index (χ2n) is 6.78. The zero-order valence-electron chi connectivity index (χ0n) is 16.1. The van der Waals surface area contributed by atoms with E-state index in [0.717, 1.165) is 31.3 Å². The van der Waals surface area contributed by atoms with Crippen molar-refractivity contribution in [3.8, 4) is 5.75 Å². The molecule has 2 atom stereocenters. The highest BCUT2D eigenvalue weighted by molar-refractivity contribution is 14.0. The molecule has 25 heavy (non-hydrogen) atoms. The number of rotatable bonds is 6. The second-order valence-corrected chi connectivity index (χ2v) is 6.78. The molecule has 1 aromatic rings. The van der Waals surface area contributed by atoms with Gasteiger partial charge >= 0.3 is 0 Å². The van der Waals surface area contributed by atoms with Crippen molar-refractivity contribution in [1.82, 2.24) is 15.5 Å². The maximum Gasteiger partial charge on any atom is 0.191 e. The van der Waals surface area contributed by atoms with Crippen LogP contribution in [0, 0.1) is 5.92 Å². The number of likely N-dealkylation sites (tertiary alicyclic amines) is 1. The van der Waals surface area contributed by atoms with E-state index in [9.17, 15) is 0 Å². The summed E-state index contributed by atoms with van der Waals surface area (Å²) in [5.41, 5.74) is 1.19. The van der Waals surface area contributed by atoms with Crippen LogP contribution in [0.2, 0.25) is 0 Å². The van der Waals surface area contributed by atoms with Crippen LogP contribution in [-0.4, -0.2) is 49.7 Å². The minimum absolute atomic E-state index is 0. The summed E-state index contributed by atoms with van der Waals surface area (Å²) in [6.07, 6.45) is 0. The van der Waals surface area contributed by atoms with E-state index in [1.165, 1.54) is 5.56 Å². The Bertz CT molecular complexity index is 550. The largest absolute Gasteiger partial charge is 0.494 e. The van der Waals surface area contributed by atoms with Crippen LogP contribution in [0.15, 0.2) is 29.3 Å². The normalized spacial score (nSPS) is 21.1. The van der Waals surface area contributed by atoms with Crippen LogP contribution in [0.25, 0.3) is 0 Å². The first-order valence-electron chi connectivity index (χ1n) is 8.96. The quantitative estimate of drug-likeness (QED) is 0.389. The summed E-state index contributed by atoms with van der Waals surface area (Å²) < 4.78 is 5.56. The van der Waals surface area contributed by atoms with Gasteiger partial charge in [0.1, 0.15) is 5.75 Å².